The molecule has 5 heteroatoms. The van der Waals surface area contributed by atoms with E-state index in [1.54, 1.807) is 19.1 Å². The number of hydrogen-bond acceptors (Lipinski definition) is 5. The fourth-order valence-corrected chi connectivity index (χ4v) is 3.36. The van der Waals surface area contributed by atoms with E-state index in [0.29, 0.717) is 23.9 Å². The third kappa shape index (κ3) is 2.97. The van der Waals surface area contributed by atoms with Gasteiger partial charge in [-0.1, -0.05) is 0 Å². The van der Waals surface area contributed by atoms with Crippen LogP contribution < -0.4 is 11.1 Å². The van der Waals surface area contributed by atoms with Crippen LogP contribution in [0.1, 0.15) is 30.1 Å². The van der Waals surface area contributed by atoms with Crippen LogP contribution in [0.4, 0.5) is 11.4 Å². The van der Waals surface area contributed by atoms with E-state index in [4.69, 9.17) is 10.5 Å². The zero-order chi connectivity index (χ0) is 14.8. The van der Waals surface area contributed by atoms with E-state index < -0.39 is 0 Å². The average Bonchev–Trinajstić information content (AvgIpc) is 2.51. The average molecular weight is 289 g/mol. The molecular formula is C16H23N3O2. The Morgan fingerprint density at radius 2 is 2.19 bits per heavy atom. The minimum absolute atomic E-state index is 0.321. The second-order valence-electron chi connectivity index (χ2n) is 5.91. The quantitative estimate of drug-likeness (QED) is 0.655. The van der Waals surface area contributed by atoms with E-state index in [0.717, 1.165) is 18.2 Å². The number of esters is 1. The summed E-state index contributed by atoms with van der Waals surface area (Å²) in [4.78, 5) is 14.2. The standard InChI is InChI=1S/C16H23N3O2/c1-2-21-16(20)12-3-4-14(13(17)9-12)18-15-10-19-7-5-11(15)6-8-19/h3-4,9,11,15,18H,2,5-8,10,17H2,1H3. The van der Waals surface area contributed by atoms with Crippen molar-refractivity contribution in [2.75, 3.05) is 37.3 Å². The summed E-state index contributed by atoms with van der Waals surface area (Å²) in [5, 5.41) is 3.56. The molecule has 3 saturated heterocycles. The van der Waals surface area contributed by atoms with Gasteiger partial charge in [-0.05, 0) is 57.0 Å². The lowest BCUT2D eigenvalue weighted by molar-refractivity contribution is 0.0526. The highest BCUT2D eigenvalue weighted by Gasteiger charge is 2.34. The third-order valence-corrected chi connectivity index (χ3v) is 4.56. The summed E-state index contributed by atoms with van der Waals surface area (Å²) >= 11 is 0. The Kier molecular flexibility index (Phi) is 4.01. The van der Waals surface area contributed by atoms with Crippen molar-refractivity contribution in [2.45, 2.75) is 25.8 Å². The summed E-state index contributed by atoms with van der Waals surface area (Å²) in [6.45, 7) is 5.70. The van der Waals surface area contributed by atoms with Crippen molar-refractivity contribution in [2.24, 2.45) is 5.92 Å². The number of nitrogen functional groups attached to an aromatic ring is 1. The summed E-state index contributed by atoms with van der Waals surface area (Å²) in [5.74, 6) is 0.415. The number of carbonyl (C=O) groups excluding carboxylic acids is 1. The van der Waals surface area contributed by atoms with Crippen LogP contribution in [-0.4, -0.2) is 43.2 Å². The number of benzene rings is 1. The van der Waals surface area contributed by atoms with Crippen LogP contribution in [0.25, 0.3) is 0 Å². The van der Waals surface area contributed by atoms with E-state index in [1.807, 2.05) is 6.07 Å². The van der Waals surface area contributed by atoms with Crippen LogP contribution in [0.3, 0.4) is 0 Å². The monoisotopic (exact) mass is 289 g/mol. The van der Waals surface area contributed by atoms with Gasteiger partial charge in [-0.25, -0.2) is 4.79 Å². The molecule has 1 atom stereocenters. The number of piperidine rings is 3. The molecule has 3 aliphatic heterocycles. The minimum Gasteiger partial charge on any atom is -0.462 e. The molecule has 0 aliphatic carbocycles. The molecule has 3 N–H and O–H groups in total. The molecular weight excluding hydrogens is 266 g/mol. The first-order valence-corrected chi connectivity index (χ1v) is 7.73. The van der Waals surface area contributed by atoms with Crippen molar-refractivity contribution >= 4 is 17.3 Å². The predicted molar refractivity (Wildman–Crippen MR) is 83.4 cm³/mol. The smallest absolute Gasteiger partial charge is 0.338 e. The van der Waals surface area contributed by atoms with Crippen LogP contribution in [0.2, 0.25) is 0 Å². The lowest BCUT2D eigenvalue weighted by Crippen LogP contribution is -2.53. The Balaban J connectivity index is 1.70. The van der Waals surface area contributed by atoms with Gasteiger partial charge in [-0.2, -0.15) is 0 Å². The highest BCUT2D eigenvalue weighted by Crippen LogP contribution is 2.31. The number of anilines is 2. The van der Waals surface area contributed by atoms with Crippen LogP contribution in [-0.2, 0) is 4.74 Å². The van der Waals surface area contributed by atoms with Gasteiger partial charge in [0.25, 0.3) is 0 Å². The summed E-state index contributed by atoms with van der Waals surface area (Å²) in [6, 6.07) is 5.82. The van der Waals surface area contributed by atoms with Crippen molar-refractivity contribution < 1.29 is 9.53 Å². The maximum absolute atomic E-state index is 11.7. The van der Waals surface area contributed by atoms with Crippen LogP contribution in [0, 0.1) is 5.92 Å². The van der Waals surface area contributed by atoms with Crippen molar-refractivity contribution in [1.82, 2.24) is 4.90 Å². The molecule has 3 aliphatic rings. The fourth-order valence-electron chi connectivity index (χ4n) is 3.36. The number of nitrogens with one attached hydrogen (secondary N) is 1. The molecule has 0 amide bonds. The lowest BCUT2D eigenvalue weighted by Gasteiger charge is -2.45. The Hall–Kier alpha value is -1.75. The van der Waals surface area contributed by atoms with Gasteiger partial charge in [0.05, 0.1) is 23.5 Å². The SMILES string of the molecule is CCOC(=O)c1ccc(NC2CN3CCC2CC3)c(N)c1. The first-order chi connectivity index (χ1) is 10.2. The van der Waals surface area contributed by atoms with E-state index in [9.17, 15) is 4.79 Å². The van der Waals surface area contributed by atoms with Gasteiger partial charge in [-0.3, -0.25) is 0 Å². The first-order valence-electron chi connectivity index (χ1n) is 7.73. The Morgan fingerprint density at radius 1 is 1.43 bits per heavy atom. The Labute approximate surface area is 125 Å². The highest BCUT2D eigenvalue weighted by molar-refractivity contribution is 5.92. The number of fused-ring (bicyclic) bond motifs is 3. The van der Waals surface area contributed by atoms with Gasteiger partial charge in [0.15, 0.2) is 0 Å². The van der Waals surface area contributed by atoms with Gasteiger partial charge in [0.1, 0.15) is 0 Å². The molecule has 0 aromatic heterocycles. The molecule has 1 unspecified atom stereocenters. The van der Waals surface area contributed by atoms with Crippen LogP contribution in [0.15, 0.2) is 18.2 Å². The summed E-state index contributed by atoms with van der Waals surface area (Å²) in [5.41, 5.74) is 8.12. The van der Waals surface area contributed by atoms with Crippen molar-refractivity contribution in [1.29, 1.82) is 0 Å². The highest BCUT2D eigenvalue weighted by atomic mass is 16.5. The first kappa shape index (κ1) is 14.2. The number of nitrogens with zero attached hydrogens (tertiary/aromatic N) is 1. The molecule has 1 aromatic carbocycles. The van der Waals surface area contributed by atoms with Gasteiger partial charge in [-0.15, -0.1) is 0 Å². The topological polar surface area (TPSA) is 67.6 Å². The molecule has 4 rings (SSSR count). The molecule has 2 bridgehead atoms. The van der Waals surface area contributed by atoms with Crippen molar-refractivity contribution in [3.05, 3.63) is 23.8 Å². The molecule has 3 heterocycles. The molecule has 0 saturated carbocycles. The van der Waals surface area contributed by atoms with Crippen LogP contribution in [0.5, 0.6) is 0 Å². The van der Waals surface area contributed by atoms with Gasteiger partial charge < -0.3 is 20.7 Å². The third-order valence-electron chi connectivity index (χ3n) is 4.56. The molecule has 3 fully saturated rings. The molecule has 1 aromatic rings. The number of hydrogen-bond donors (Lipinski definition) is 2. The molecule has 21 heavy (non-hydrogen) atoms. The second kappa shape index (κ2) is 5.93. The van der Waals surface area contributed by atoms with Crippen LogP contribution >= 0.6 is 0 Å². The minimum atomic E-state index is -0.321. The normalized spacial score (nSPS) is 27.4. The Morgan fingerprint density at radius 3 is 2.76 bits per heavy atom. The van der Waals surface area contributed by atoms with E-state index in [2.05, 4.69) is 10.2 Å². The summed E-state index contributed by atoms with van der Waals surface area (Å²) < 4.78 is 4.99. The maximum atomic E-state index is 11.7. The fraction of sp³-hybridized carbons (Fsp3) is 0.562. The van der Waals surface area contributed by atoms with Crippen molar-refractivity contribution in [3.63, 3.8) is 0 Å². The zero-order valence-electron chi connectivity index (χ0n) is 12.5. The number of nitrogens with two attached hydrogens (primary N) is 1. The number of rotatable bonds is 4. The molecule has 0 radical (unpaired) electrons. The number of carbonyl (C=O) groups is 1. The van der Waals surface area contributed by atoms with E-state index in [-0.39, 0.29) is 5.97 Å². The zero-order valence-corrected chi connectivity index (χ0v) is 12.5. The van der Waals surface area contributed by atoms with Gasteiger partial charge in [0, 0.05) is 12.6 Å². The lowest BCUT2D eigenvalue weighted by atomic mass is 9.84. The van der Waals surface area contributed by atoms with Gasteiger partial charge >= 0.3 is 5.97 Å². The predicted octanol–water partition coefficient (Wildman–Crippen LogP) is 1.95. The van der Waals surface area contributed by atoms with Gasteiger partial charge in [0.2, 0.25) is 0 Å². The van der Waals surface area contributed by atoms with E-state index in [1.165, 1.54) is 25.9 Å². The number of ether oxygens (including phenoxy) is 1. The molecule has 0 spiro atoms. The maximum Gasteiger partial charge on any atom is 0.338 e. The van der Waals surface area contributed by atoms with Crippen molar-refractivity contribution in [3.8, 4) is 0 Å². The second-order valence-corrected chi connectivity index (χ2v) is 5.91. The largest absolute Gasteiger partial charge is 0.462 e. The Bertz CT molecular complexity index is 524. The molecule has 114 valence electrons. The summed E-state index contributed by atoms with van der Waals surface area (Å²) in [6.07, 6.45) is 2.52. The molecule has 5 nitrogen and oxygen atoms in total. The summed E-state index contributed by atoms with van der Waals surface area (Å²) in [7, 11) is 0. The van der Waals surface area contributed by atoms with E-state index >= 15 is 0 Å².